The number of hydrogen-bond donors (Lipinski definition) is 1. The molecule has 1 rings (SSSR count). The van der Waals surface area contributed by atoms with E-state index in [-0.39, 0.29) is 0 Å². The molecule has 0 spiro atoms. The van der Waals surface area contributed by atoms with E-state index in [0.717, 1.165) is 11.8 Å². The molecule has 0 bridgehead atoms. The third kappa shape index (κ3) is 6.52. The minimum atomic E-state index is 0.292. The molecule has 16 heavy (non-hydrogen) atoms. The van der Waals surface area contributed by atoms with Crippen LogP contribution in [-0.2, 0) is 0 Å². The second kappa shape index (κ2) is 6.64. The number of unbranched alkanes of at least 4 members (excludes halogenated alkanes) is 1. The highest BCUT2D eigenvalue weighted by Crippen LogP contribution is 2.31. The SMILES string of the molecule is CC1CCC(CCCCNC(C)(C)C)CC1. The largest absolute Gasteiger partial charge is 0.312 e. The summed E-state index contributed by atoms with van der Waals surface area (Å²) in [5.74, 6) is 2.05. The fourth-order valence-corrected chi connectivity index (χ4v) is 2.64. The summed E-state index contributed by atoms with van der Waals surface area (Å²) >= 11 is 0. The first-order chi connectivity index (χ1) is 7.47. The van der Waals surface area contributed by atoms with Gasteiger partial charge in [0.25, 0.3) is 0 Å². The maximum absolute atomic E-state index is 3.57. The van der Waals surface area contributed by atoms with Crippen LogP contribution in [-0.4, -0.2) is 12.1 Å². The van der Waals surface area contributed by atoms with E-state index in [4.69, 9.17) is 0 Å². The summed E-state index contributed by atoms with van der Waals surface area (Å²) in [5.41, 5.74) is 0.292. The van der Waals surface area contributed by atoms with E-state index in [9.17, 15) is 0 Å². The summed E-state index contributed by atoms with van der Waals surface area (Å²) in [7, 11) is 0. The first kappa shape index (κ1) is 14.0. The molecule has 96 valence electrons. The molecule has 1 aliphatic rings. The van der Waals surface area contributed by atoms with E-state index in [0.29, 0.717) is 5.54 Å². The predicted molar refractivity (Wildman–Crippen MR) is 72.7 cm³/mol. The van der Waals surface area contributed by atoms with Crippen LogP contribution in [0.2, 0.25) is 0 Å². The van der Waals surface area contributed by atoms with Gasteiger partial charge in [-0.3, -0.25) is 0 Å². The normalized spacial score (nSPS) is 27.0. The molecule has 0 unspecified atom stereocenters. The zero-order valence-corrected chi connectivity index (χ0v) is 11.8. The Hall–Kier alpha value is -0.0400. The van der Waals surface area contributed by atoms with Gasteiger partial charge < -0.3 is 5.32 Å². The minimum Gasteiger partial charge on any atom is -0.312 e. The van der Waals surface area contributed by atoms with Crippen LogP contribution >= 0.6 is 0 Å². The lowest BCUT2D eigenvalue weighted by Gasteiger charge is -2.26. The fraction of sp³-hybridized carbons (Fsp3) is 1.00. The Kier molecular flexibility index (Phi) is 5.82. The zero-order valence-electron chi connectivity index (χ0n) is 11.8. The summed E-state index contributed by atoms with van der Waals surface area (Å²) in [6.07, 6.45) is 10.2. The Morgan fingerprint density at radius 2 is 1.62 bits per heavy atom. The van der Waals surface area contributed by atoms with E-state index in [2.05, 4.69) is 33.0 Å². The van der Waals surface area contributed by atoms with Crippen LogP contribution in [0, 0.1) is 11.8 Å². The van der Waals surface area contributed by atoms with E-state index < -0.39 is 0 Å². The number of hydrogen-bond acceptors (Lipinski definition) is 1. The van der Waals surface area contributed by atoms with E-state index in [1.165, 1.54) is 51.5 Å². The molecule has 1 saturated carbocycles. The first-order valence-electron chi connectivity index (χ1n) is 7.22. The van der Waals surface area contributed by atoms with Crippen LogP contribution in [0.25, 0.3) is 0 Å². The van der Waals surface area contributed by atoms with Crippen LogP contribution < -0.4 is 5.32 Å². The molecule has 1 nitrogen and oxygen atoms in total. The van der Waals surface area contributed by atoms with Crippen molar-refractivity contribution in [3.8, 4) is 0 Å². The third-order valence-corrected chi connectivity index (χ3v) is 3.83. The van der Waals surface area contributed by atoms with Gasteiger partial charge in [0.2, 0.25) is 0 Å². The maximum atomic E-state index is 3.57. The van der Waals surface area contributed by atoms with E-state index in [1.807, 2.05) is 0 Å². The van der Waals surface area contributed by atoms with E-state index >= 15 is 0 Å². The zero-order chi connectivity index (χ0) is 12.0. The van der Waals surface area contributed by atoms with Crippen LogP contribution in [0.15, 0.2) is 0 Å². The van der Waals surface area contributed by atoms with Crippen molar-refractivity contribution in [3.63, 3.8) is 0 Å². The first-order valence-corrected chi connectivity index (χ1v) is 7.22. The second-order valence-electron chi connectivity index (χ2n) is 6.80. The van der Waals surface area contributed by atoms with Crippen LogP contribution in [0.1, 0.15) is 72.6 Å². The second-order valence-corrected chi connectivity index (χ2v) is 6.80. The molecule has 0 radical (unpaired) electrons. The Bertz CT molecular complexity index is 172. The Labute approximate surface area is 102 Å². The highest BCUT2D eigenvalue weighted by Gasteiger charge is 2.17. The predicted octanol–water partition coefficient (Wildman–Crippen LogP) is 4.37. The molecule has 1 heteroatoms. The molecule has 0 aromatic carbocycles. The summed E-state index contributed by atoms with van der Waals surface area (Å²) in [4.78, 5) is 0. The van der Waals surface area contributed by atoms with Gasteiger partial charge in [0.1, 0.15) is 0 Å². The van der Waals surface area contributed by atoms with Crippen molar-refractivity contribution in [2.24, 2.45) is 11.8 Å². The smallest absolute Gasteiger partial charge is 0.00965 e. The topological polar surface area (TPSA) is 12.0 Å². The van der Waals surface area contributed by atoms with Gasteiger partial charge in [-0.05, 0) is 45.6 Å². The minimum absolute atomic E-state index is 0.292. The van der Waals surface area contributed by atoms with Gasteiger partial charge in [-0.25, -0.2) is 0 Å². The highest BCUT2D eigenvalue weighted by atomic mass is 14.9. The van der Waals surface area contributed by atoms with Gasteiger partial charge in [-0.15, -0.1) is 0 Å². The Morgan fingerprint density at radius 1 is 1.00 bits per heavy atom. The van der Waals surface area contributed by atoms with Crippen molar-refractivity contribution in [2.45, 2.75) is 78.2 Å². The molecule has 1 N–H and O–H groups in total. The molecule has 0 aliphatic heterocycles. The molecular formula is C15H31N. The molecule has 0 amide bonds. The lowest BCUT2D eigenvalue weighted by molar-refractivity contribution is 0.270. The van der Waals surface area contributed by atoms with Crippen LogP contribution in [0.5, 0.6) is 0 Å². The van der Waals surface area contributed by atoms with Gasteiger partial charge >= 0.3 is 0 Å². The fourth-order valence-electron chi connectivity index (χ4n) is 2.64. The standard InChI is InChI=1S/C15H31N/c1-13-8-10-14(11-9-13)7-5-6-12-16-15(2,3)4/h13-14,16H,5-12H2,1-4H3. The molecule has 0 aromatic heterocycles. The molecule has 1 aliphatic carbocycles. The summed E-state index contributed by atoms with van der Waals surface area (Å²) < 4.78 is 0. The average Bonchev–Trinajstić information content (AvgIpc) is 2.19. The van der Waals surface area contributed by atoms with Crippen LogP contribution in [0.4, 0.5) is 0 Å². The lowest BCUT2D eigenvalue weighted by Crippen LogP contribution is -2.36. The Balaban J connectivity index is 1.95. The number of rotatable bonds is 5. The summed E-state index contributed by atoms with van der Waals surface area (Å²) in [5, 5.41) is 3.57. The summed E-state index contributed by atoms with van der Waals surface area (Å²) in [6, 6.07) is 0. The maximum Gasteiger partial charge on any atom is 0.00965 e. The molecule has 0 atom stereocenters. The quantitative estimate of drug-likeness (QED) is 0.685. The summed E-state index contributed by atoms with van der Waals surface area (Å²) in [6.45, 7) is 10.3. The third-order valence-electron chi connectivity index (χ3n) is 3.83. The van der Waals surface area contributed by atoms with Gasteiger partial charge in [-0.2, -0.15) is 0 Å². The van der Waals surface area contributed by atoms with Crippen LogP contribution in [0.3, 0.4) is 0 Å². The molecular weight excluding hydrogens is 194 g/mol. The average molecular weight is 225 g/mol. The van der Waals surface area contributed by atoms with Gasteiger partial charge in [0.15, 0.2) is 0 Å². The van der Waals surface area contributed by atoms with Gasteiger partial charge in [-0.1, -0.05) is 45.4 Å². The molecule has 0 aromatic rings. The van der Waals surface area contributed by atoms with Gasteiger partial charge in [0, 0.05) is 5.54 Å². The number of nitrogens with one attached hydrogen (secondary N) is 1. The Morgan fingerprint density at radius 3 is 2.19 bits per heavy atom. The highest BCUT2D eigenvalue weighted by molar-refractivity contribution is 4.72. The molecule has 0 saturated heterocycles. The van der Waals surface area contributed by atoms with Crippen molar-refractivity contribution in [2.75, 3.05) is 6.54 Å². The van der Waals surface area contributed by atoms with Crippen molar-refractivity contribution in [3.05, 3.63) is 0 Å². The molecule has 1 fully saturated rings. The van der Waals surface area contributed by atoms with Gasteiger partial charge in [0.05, 0.1) is 0 Å². The van der Waals surface area contributed by atoms with Crippen molar-refractivity contribution in [1.82, 2.24) is 5.32 Å². The van der Waals surface area contributed by atoms with Crippen molar-refractivity contribution < 1.29 is 0 Å². The monoisotopic (exact) mass is 225 g/mol. The van der Waals surface area contributed by atoms with E-state index in [1.54, 1.807) is 0 Å². The van der Waals surface area contributed by atoms with Crippen molar-refractivity contribution >= 4 is 0 Å². The molecule has 0 heterocycles. The van der Waals surface area contributed by atoms with Crippen molar-refractivity contribution in [1.29, 1.82) is 0 Å². The lowest BCUT2D eigenvalue weighted by atomic mass is 9.81.